The van der Waals surface area contributed by atoms with Gasteiger partial charge < -0.3 is 9.64 Å². The summed E-state index contributed by atoms with van der Waals surface area (Å²) >= 11 is 0. The second-order valence-electron chi connectivity index (χ2n) is 8.36. The van der Waals surface area contributed by atoms with Crippen molar-refractivity contribution in [3.8, 4) is 5.75 Å². The SMILES string of the molecule is COc1cccc2c1CCCC2CCC(=O)N1CCC(c2ccc(F)cc2)CC1. The Bertz CT molecular complexity index is 840. The van der Waals surface area contributed by atoms with Crippen molar-refractivity contribution in [3.63, 3.8) is 0 Å². The van der Waals surface area contributed by atoms with Crippen molar-refractivity contribution in [2.24, 2.45) is 0 Å². The summed E-state index contributed by atoms with van der Waals surface area (Å²) in [6.07, 6.45) is 6.83. The first kappa shape index (κ1) is 19.9. The summed E-state index contributed by atoms with van der Waals surface area (Å²) in [5, 5.41) is 0. The Morgan fingerprint density at radius 2 is 1.86 bits per heavy atom. The highest BCUT2D eigenvalue weighted by molar-refractivity contribution is 5.76. The lowest BCUT2D eigenvalue weighted by Crippen LogP contribution is -2.38. The minimum atomic E-state index is -0.191. The number of hydrogen-bond acceptors (Lipinski definition) is 2. The van der Waals surface area contributed by atoms with Crippen LogP contribution in [0.3, 0.4) is 0 Å². The number of carbonyl (C=O) groups excluding carboxylic acids is 1. The molecule has 4 rings (SSSR count). The van der Waals surface area contributed by atoms with E-state index < -0.39 is 0 Å². The molecule has 3 nitrogen and oxygen atoms in total. The van der Waals surface area contributed by atoms with Gasteiger partial charge >= 0.3 is 0 Å². The maximum Gasteiger partial charge on any atom is 0.222 e. The quantitative estimate of drug-likeness (QED) is 0.675. The zero-order valence-electron chi connectivity index (χ0n) is 17.2. The van der Waals surface area contributed by atoms with Gasteiger partial charge in [0, 0.05) is 19.5 Å². The van der Waals surface area contributed by atoms with E-state index in [1.165, 1.54) is 28.8 Å². The monoisotopic (exact) mass is 395 g/mol. The lowest BCUT2D eigenvalue weighted by Gasteiger charge is -2.33. The summed E-state index contributed by atoms with van der Waals surface area (Å²) in [4.78, 5) is 14.8. The molecular formula is C25H30FNO2. The van der Waals surface area contributed by atoms with Crippen molar-refractivity contribution in [3.05, 3.63) is 65.0 Å². The summed E-state index contributed by atoms with van der Waals surface area (Å²) in [5.74, 6) is 1.95. The predicted molar refractivity (Wildman–Crippen MR) is 113 cm³/mol. The normalized spacial score (nSPS) is 19.7. The number of nitrogens with zero attached hydrogens (tertiary/aromatic N) is 1. The average Bonchev–Trinajstić information content (AvgIpc) is 2.77. The van der Waals surface area contributed by atoms with Crippen LogP contribution in [0.1, 0.15) is 67.1 Å². The Morgan fingerprint density at radius 3 is 2.59 bits per heavy atom. The molecule has 0 radical (unpaired) electrons. The van der Waals surface area contributed by atoms with Crippen LogP contribution >= 0.6 is 0 Å². The molecule has 2 aliphatic rings. The zero-order chi connectivity index (χ0) is 20.2. The molecule has 0 spiro atoms. The van der Waals surface area contributed by atoms with Crippen molar-refractivity contribution >= 4 is 5.91 Å². The molecule has 0 aromatic heterocycles. The molecule has 4 heteroatoms. The van der Waals surface area contributed by atoms with E-state index in [2.05, 4.69) is 12.1 Å². The third-order valence-corrected chi connectivity index (χ3v) is 6.70. The van der Waals surface area contributed by atoms with Crippen molar-refractivity contribution < 1.29 is 13.9 Å². The Labute approximate surface area is 172 Å². The number of rotatable bonds is 5. The van der Waals surface area contributed by atoms with Gasteiger partial charge in [-0.2, -0.15) is 0 Å². The molecule has 0 bridgehead atoms. The van der Waals surface area contributed by atoms with Crippen LogP contribution in [0.25, 0.3) is 0 Å². The van der Waals surface area contributed by atoms with Crippen LogP contribution in [0.15, 0.2) is 42.5 Å². The highest BCUT2D eigenvalue weighted by atomic mass is 19.1. The van der Waals surface area contributed by atoms with E-state index in [0.717, 1.165) is 57.4 Å². The summed E-state index contributed by atoms with van der Waals surface area (Å²) in [6.45, 7) is 1.60. The van der Waals surface area contributed by atoms with Crippen molar-refractivity contribution in [1.29, 1.82) is 0 Å². The van der Waals surface area contributed by atoms with Crippen LogP contribution in [0.4, 0.5) is 4.39 Å². The highest BCUT2D eigenvalue weighted by Gasteiger charge is 2.26. The topological polar surface area (TPSA) is 29.5 Å². The first-order valence-corrected chi connectivity index (χ1v) is 10.8. The number of benzene rings is 2. The summed E-state index contributed by atoms with van der Waals surface area (Å²) in [6, 6.07) is 13.1. The Balaban J connectivity index is 1.31. The third kappa shape index (κ3) is 4.47. The summed E-state index contributed by atoms with van der Waals surface area (Å²) in [5.41, 5.74) is 3.89. The van der Waals surface area contributed by atoms with Gasteiger partial charge in [0.05, 0.1) is 7.11 Å². The average molecular weight is 396 g/mol. The van der Waals surface area contributed by atoms with Gasteiger partial charge in [-0.15, -0.1) is 0 Å². The molecule has 1 fully saturated rings. The van der Waals surface area contributed by atoms with Gasteiger partial charge in [0.15, 0.2) is 0 Å². The molecule has 2 aromatic rings. The van der Waals surface area contributed by atoms with E-state index in [0.29, 0.717) is 18.3 Å². The molecule has 1 amide bonds. The Kier molecular flexibility index (Phi) is 6.17. The second-order valence-corrected chi connectivity index (χ2v) is 8.36. The molecule has 1 unspecified atom stereocenters. The fourth-order valence-electron chi connectivity index (χ4n) is 5.06. The van der Waals surface area contributed by atoms with E-state index >= 15 is 0 Å². The molecule has 29 heavy (non-hydrogen) atoms. The molecular weight excluding hydrogens is 365 g/mol. The molecule has 154 valence electrons. The number of likely N-dealkylation sites (tertiary alicyclic amines) is 1. The van der Waals surface area contributed by atoms with Gasteiger partial charge in [0.1, 0.15) is 11.6 Å². The van der Waals surface area contributed by atoms with Gasteiger partial charge in [-0.05, 0) is 85.3 Å². The van der Waals surface area contributed by atoms with E-state index in [1.54, 1.807) is 7.11 Å². The third-order valence-electron chi connectivity index (χ3n) is 6.70. The van der Waals surface area contributed by atoms with Gasteiger partial charge in [-0.1, -0.05) is 24.3 Å². The number of hydrogen-bond donors (Lipinski definition) is 0. The number of halogens is 1. The number of fused-ring (bicyclic) bond motifs is 1. The zero-order valence-corrected chi connectivity index (χ0v) is 17.2. The molecule has 0 N–H and O–H groups in total. The highest BCUT2D eigenvalue weighted by Crippen LogP contribution is 2.39. The molecule has 1 heterocycles. The maximum atomic E-state index is 13.1. The fourth-order valence-corrected chi connectivity index (χ4v) is 5.06. The first-order chi connectivity index (χ1) is 14.2. The maximum absolute atomic E-state index is 13.1. The second kappa shape index (κ2) is 8.98. The van der Waals surface area contributed by atoms with Crippen molar-refractivity contribution in [2.45, 2.75) is 56.8 Å². The van der Waals surface area contributed by atoms with Gasteiger partial charge in [-0.3, -0.25) is 4.79 Å². The molecule has 1 atom stereocenters. The van der Waals surface area contributed by atoms with E-state index in [4.69, 9.17) is 4.74 Å². The predicted octanol–water partition coefficient (Wildman–Crippen LogP) is 5.44. The number of methoxy groups -OCH3 is 1. The lowest BCUT2D eigenvalue weighted by atomic mass is 9.80. The van der Waals surface area contributed by atoms with Crippen LogP contribution in [0.2, 0.25) is 0 Å². The number of piperidine rings is 1. The fraction of sp³-hybridized carbons (Fsp3) is 0.480. The number of amides is 1. The Hall–Kier alpha value is -2.36. The first-order valence-electron chi connectivity index (χ1n) is 10.8. The summed E-state index contributed by atoms with van der Waals surface area (Å²) in [7, 11) is 1.73. The van der Waals surface area contributed by atoms with E-state index in [9.17, 15) is 9.18 Å². The smallest absolute Gasteiger partial charge is 0.222 e. The lowest BCUT2D eigenvalue weighted by molar-refractivity contribution is -0.132. The molecule has 0 saturated carbocycles. The van der Waals surface area contributed by atoms with E-state index in [1.807, 2.05) is 23.1 Å². The van der Waals surface area contributed by atoms with Crippen LogP contribution in [-0.4, -0.2) is 31.0 Å². The van der Waals surface area contributed by atoms with Crippen molar-refractivity contribution in [1.82, 2.24) is 4.90 Å². The van der Waals surface area contributed by atoms with E-state index in [-0.39, 0.29) is 11.7 Å². The van der Waals surface area contributed by atoms with Gasteiger partial charge in [0.2, 0.25) is 5.91 Å². The minimum Gasteiger partial charge on any atom is -0.496 e. The van der Waals surface area contributed by atoms with Crippen LogP contribution in [0, 0.1) is 5.82 Å². The van der Waals surface area contributed by atoms with Crippen molar-refractivity contribution in [2.75, 3.05) is 20.2 Å². The van der Waals surface area contributed by atoms with Crippen LogP contribution < -0.4 is 4.74 Å². The molecule has 1 aliphatic carbocycles. The van der Waals surface area contributed by atoms with Crippen LogP contribution in [-0.2, 0) is 11.2 Å². The van der Waals surface area contributed by atoms with Crippen LogP contribution in [0.5, 0.6) is 5.75 Å². The minimum absolute atomic E-state index is 0.191. The van der Waals surface area contributed by atoms with Gasteiger partial charge in [0.25, 0.3) is 0 Å². The number of carbonyl (C=O) groups is 1. The standard InChI is InChI=1S/C25H30FNO2/c1-29-24-7-3-5-22-20(4-2-6-23(22)24)10-13-25(28)27-16-14-19(15-17-27)18-8-11-21(26)12-9-18/h3,5,7-9,11-12,19-20H,2,4,6,10,13-17H2,1H3. The number of ether oxygens (including phenoxy) is 1. The largest absolute Gasteiger partial charge is 0.496 e. The van der Waals surface area contributed by atoms with Gasteiger partial charge in [-0.25, -0.2) is 4.39 Å². The molecule has 1 saturated heterocycles. The molecule has 2 aromatic carbocycles. The summed E-state index contributed by atoms with van der Waals surface area (Å²) < 4.78 is 18.7. The molecule has 1 aliphatic heterocycles. The Morgan fingerprint density at radius 1 is 1.10 bits per heavy atom.